The van der Waals surface area contributed by atoms with Gasteiger partial charge in [-0.3, -0.25) is 4.99 Å². The van der Waals surface area contributed by atoms with Crippen LogP contribution in [0.4, 0.5) is 0 Å². The topological polar surface area (TPSA) is 47.9 Å². The van der Waals surface area contributed by atoms with E-state index in [4.69, 9.17) is 0 Å². The van der Waals surface area contributed by atoms with Crippen LogP contribution in [0.3, 0.4) is 0 Å². The van der Waals surface area contributed by atoms with E-state index in [0.29, 0.717) is 11.3 Å². The Morgan fingerprint density at radius 3 is 2.67 bits per heavy atom. The van der Waals surface area contributed by atoms with Gasteiger partial charge >= 0.3 is 0 Å². The molecule has 1 heterocycles. The van der Waals surface area contributed by atoms with Crippen LogP contribution in [0, 0.1) is 11.3 Å². The lowest BCUT2D eigenvalue weighted by Gasteiger charge is -2.33. The van der Waals surface area contributed by atoms with Crippen molar-refractivity contribution in [3.63, 3.8) is 0 Å². The third-order valence-corrected chi connectivity index (χ3v) is 6.01. The number of nitrogens with zero attached hydrogens (tertiary/aromatic N) is 2. The minimum atomic E-state index is -0.112. The zero-order chi connectivity index (χ0) is 14.7. The first-order valence-electron chi connectivity index (χ1n) is 8.86. The predicted octanol–water partition coefficient (Wildman–Crippen LogP) is 2.38. The molecule has 4 heteroatoms. The molecule has 0 radical (unpaired) electrons. The molecule has 3 rings (SSSR count). The molecule has 3 fully saturated rings. The second kappa shape index (κ2) is 6.55. The number of aliphatic hydroxyl groups excluding tert-OH is 1. The molecule has 0 aromatic carbocycles. The molecule has 4 nitrogen and oxygen atoms in total. The zero-order valence-electron chi connectivity index (χ0n) is 13.5. The lowest BCUT2D eigenvalue weighted by Crippen LogP contribution is -2.44. The van der Waals surface area contributed by atoms with Gasteiger partial charge in [-0.1, -0.05) is 25.7 Å². The van der Waals surface area contributed by atoms with Crippen LogP contribution in [-0.2, 0) is 0 Å². The highest BCUT2D eigenvalue weighted by Crippen LogP contribution is 2.43. The van der Waals surface area contributed by atoms with Crippen molar-refractivity contribution in [2.45, 2.75) is 63.9 Å². The van der Waals surface area contributed by atoms with Crippen LogP contribution in [0.15, 0.2) is 4.99 Å². The highest BCUT2D eigenvalue weighted by atomic mass is 16.3. The van der Waals surface area contributed by atoms with Crippen LogP contribution >= 0.6 is 0 Å². The van der Waals surface area contributed by atoms with Crippen molar-refractivity contribution < 1.29 is 5.11 Å². The Balaban J connectivity index is 1.52. The molecule has 0 bridgehead atoms. The van der Waals surface area contributed by atoms with Gasteiger partial charge in [0.25, 0.3) is 0 Å². The molecule has 2 N–H and O–H groups in total. The highest BCUT2D eigenvalue weighted by Gasteiger charge is 2.39. The van der Waals surface area contributed by atoms with E-state index in [1.54, 1.807) is 0 Å². The predicted molar refractivity (Wildman–Crippen MR) is 86.4 cm³/mol. The summed E-state index contributed by atoms with van der Waals surface area (Å²) in [4.78, 5) is 6.93. The van der Waals surface area contributed by atoms with Gasteiger partial charge in [0, 0.05) is 32.6 Å². The van der Waals surface area contributed by atoms with E-state index in [1.165, 1.54) is 51.5 Å². The standard InChI is InChI=1S/C17H31N3O/c1-18-16(19-12-14-6-5-7-15(14)21)20-11-10-17(13-20)8-3-2-4-9-17/h14-15,21H,2-13H2,1H3,(H,18,19). The Kier molecular flexibility index (Phi) is 4.72. The Hall–Kier alpha value is -0.770. The third-order valence-electron chi connectivity index (χ3n) is 6.01. The number of nitrogens with one attached hydrogen (secondary N) is 1. The number of likely N-dealkylation sites (tertiary alicyclic amines) is 1. The Labute approximate surface area is 129 Å². The minimum absolute atomic E-state index is 0.112. The van der Waals surface area contributed by atoms with Gasteiger partial charge in [-0.25, -0.2) is 0 Å². The molecule has 21 heavy (non-hydrogen) atoms. The normalized spacial score (nSPS) is 32.9. The van der Waals surface area contributed by atoms with Crippen molar-refractivity contribution in [2.75, 3.05) is 26.7 Å². The average Bonchev–Trinajstić information content (AvgIpc) is 3.08. The third kappa shape index (κ3) is 3.36. The van der Waals surface area contributed by atoms with E-state index in [1.807, 2.05) is 7.05 Å². The van der Waals surface area contributed by atoms with Crippen molar-refractivity contribution in [3.8, 4) is 0 Å². The molecule has 3 aliphatic rings. The number of aliphatic imine (C=N–C) groups is 1. The lowest BCUT2D eigenvalue weighted by molar-refractivity contribution is 0.133. The van der Waals surface area contributed by atoms with Gasteiger partial charge in [-0.05, 0) is 37.5 Å². The Morgan fingerprint density at radius 1 is 1.19 bits per heavy atom. The van der Waals surface area contributed by atoms with E-state index in [9.17, 15) is 5.11 Å². The Morgan fingerprint density at radius 2 is 2.00 bits per heavy atom. The fourth-order valence-electron chi connectivity index (χ4n) is 4.64. The van der Waals surface area contributed by atoms with E-state index in [0.717, 1.165) is 31.9 Å². The molecule has 1 spiro atoms. The fraction of sp³-hybridized carbons (Fsp3) is 0.941. The summed E-state index contributed by atoms with van der Waals surface area (Å²) in [5.41, 5.74) is 0.572. The van der Waals surface area contributed by atoms with Gasteiger partial charge in [-0.15, -0.1) is 0 Å². The number of rotatable bonds is 2. The van der Waals surface area contributed by atoms with E-state index in [2.05, 4.69) is 15.2 Å². The average molecular weight is 293 g/mol. The van der Waals surface area contributed by atoms with Crippen LogP contribution in [0.1, 0.15) is 57.8 Å². The van der Waals surface area contributed by atoms with Gasteiger partial charge in [0.2, 0.25) is 0 Å². The van der Waals surface area contributed by atoms with Crippen molar-refractivity contribution in [3.05, 3.63) is 0 Å². The number of hydrogen-bond donors (Lipinski definition) is 2. The van der Waals surface area contributed by atoms with Crippen LogP contribution in [-0.4, -0.2) is 48.8 Å². The number of hydrogen-bond acceptors (Lipinski definition) is 2. The SMILES string of the molecule is CN=C(NCC1CCCC1O)N1CCC2(CCCCC2)C1. The van der Waals surface area contributed by atoms with E-state index < -0.39 is 0 Å². The molecule has 1 saturated heterocycles. The molecule has 2 unspecified atom stereocenters. The van der Waals surface area contributed by atoms with Crippen molar-refractivity contribution in [1.29, 1.82) is 0 Å². The zero-order valence-corrected chi connectivity index (χ0v) is 13.5. The number of aliphatic hydroxyl groups is 1. The summed E-state index contributed by atoms with van der Waals surface area (Å²) in [7, 11) is 1.89. The maximum absolute atomic E-state index is 9.95. The highest BCUT2D eigenvalue weighted by molar-refractivity contribution is 5.80. The minimum Gasteiger partial charge on any atom is -0.393 e. The molecule has 1 aliphatic heterocycles. The molecule has 0 aromatic rings. The molecular weight excluding hydrogens is 262 g/mol. The summed E-state index contributed by atoms with van der Waals surface area (Å²) < 4.78 is 0. The van der Waals surface area contributed by atoms with E-state index in [-0.39, 0.29) is 6.10 Å². The van der Waals surface area contributed by atoms with Gasteiger partial charge < -0.3 is 15.3 Å². The van der Waals surface area contributed by atoms with Gasteiger partial charge in [0.05, 0.1) is 6.10 Å². The van der Waals surface area contributed by atoms with Gasteiger partial charge in [-0.2, -0.15) is 0 Å². The smallest absolute Gasteiger partial charge is 0.193 e. The second-order valence-electron chi connectivity index (χ2n) is 7.42. The summed E-state index contributed by atoms with van der Waals surface area (Å²) in [5, 5.41) is 13.5. The van der Waals surface area contributed by atoms with Gasteiger partial charge in [0.1, 0.15) is 0 Å². The lowest BCUT2D eigenvalue weighted by atomic mass is 9.73. The number of guanidine groups is 1. The van der Waals surface area contributed by atoms with E-state index >= 15 is 0 Å². The molecular formula is C17H31N3O. The molecule has 0 aromatic heterocycles. The second-order valence-corrected chi connectivity index (χ2v) is 7.42. The Bertz CT molecular complexity index is 376. The van der Waals surface area contributed by atoms with Crippen LogP contribution in [0.5, 0.6) is 0 Å². The maximum Gasteiger partial charge on any atom is 0.193 e. The molecule has 2 atom stereocenters. The largest absolute Gasteiger partial charge is 0.393 e. The quantitative estimate of drug-likeness (QED) is 0.607. The molecule has 2 aliphatic carbocycles. The van der Waals surface area contributed by atoms with Crippen molar-refractivity contribution in [1.82, 2.24) is 10.2 Å². The van der Waals surface area contributed by atoms with Crippen LogP contribution < -0.4 is 5.32 Å². The summed E-state index contributed by atoms with van der Waals surface area (Å²) >= 11 is 0. The molecule has 2 saturated carbocycles. The van der Waals surface area contributed by atoms with Crippen molar-refractivity contribution in [2.24, 2.45) is 16.3 Å². The summed E-state index contributed by atoms with van der Waals surface area (Å²) in [6.07, 6.45) is 11.6. The first-order valence-corrected chi connectivity index (χ1v) is 8.86. The summed E-state index contributed by atoms with van der Waals surface area (Å²) in [5.74, 6) is 1.46. The van der Waals surface area contributed by atoms with Crippen molar-refractivity contribution >= 4 is 5.96 Å². The first kappa shape index (κ1) is 15.1. The molecule has 0 amide bonds. The fourth-order valence-corrected chi connectivity index (χ4v) is 4.64. The monoisotopic (exact) mass is 293 g/mol. The first-order chi connectivity index (χ1) is 10.2. The van der Waals surface area contributed by atoms with Gasteiger partial charge in [0.15, 0.2) is 5.96 Å². The van der Waals surface area contributed by atoms with Crippen LogP contribution in [0.2, 0.25) is 0 Å². The maximum atomic E-state index is 9.95. The van der Waals surface area contributed by atoms with Crippen LogP contribution in [0.25, 0.3) is 0 Å². The summed E-state index contributed by atoms with van der Waals surface area (Å²) in [6, 6.07) is 0. The molecule has 120 valence electrons. The summed E-state index contributed by atoms with van der Waals surface area (Å²) in [6.45, 7) is 3.20.